The standard InChI is InChI=1S/C30H38N4O5.C27H35N5O5S.C25H30N4O3.C2H6ClNO2S/c1-30(2,3)39-29(37)33-14-13-26(21-33)38-25-11-9-23(10-12-25)28(36)34-19-24(20-34)31-15-17-32(18-16-31)27(35)22-7-5-4-6-8-22;1-28(2)38(35,36)32-13-12-25(20-32)37-24-10-8-22(9-11-24)27(34)31-18-23(19-31)29-14-16-30(17-15-29)26(33)21-6-4-3-5-7-21;30-24(19-4-2-1-3-5-19)28-14-12-27(13-15-28)21-17-29(18-21)25(31)20-6-8-22(9-7-20)32-23-10-11-26-16-23;1-4(2)7(3,5)6/h4-12,24,26H,13-21H2,1-3H3;3-11,23,25H,12-20H2,1-2H3;1-9,21,23,26H,10-18H2;1-2H3/t26-;25-;23-;/m000./s1. The van der Waals surface area contributed by atoms with E-state index in [0.29, 0.717) is 131 Å². The molecule has 15 rings (SSSR count). The summed E-state index contributed by atoms with van der Waals surface area (Å²) in [7, 11) is 3.66. The van der Waals surface area contributed by atoms with Crippen LogP contribution in [0.25, 0.3) is 0 Å². The summed E-state index contributed by atoms with van der Waals surface area (Å²) in [4.78, 5) is 109. The highest BCUT2D eigenvalue weighted by atomic mass is 35.7. The van der Waals surface area contributed by atoms with Crippen molar-refractivity contribution < 1.29 is 69.3 Å². The first-order valence-electron chi connectivity index (χ1n) is 39.9. The summed E-state index contributed by atoms with van der Waals surface area (Å²) in [5.41, 5.74) is 3.64. The number of nitrogens with one attached hydrogen (secondary N) is 1. The minimum Gasteiger partial charge on any atom is -0.489 e. The van der Waals surface area contributed by atoms with Gasteiger partial charge in [0.15, 0.2) is 0 Å². The van der Waals surface area contributed by atoms with Crippen LogP contribution in [0.15, 0.2) is 164 Å². The molecular formula is C84H109ClN14O15S2. The highest BCUT2D eigenvalue weighted by Crippen LogP contribution is 2.29. The van der Waals surface area contributed by atoms with Gasteiger partial charge in [0.2, 0.25) is 0 Å². The number of likely N-dealkylation sites (tertiary alicyclic amines) is 4. The molecule has 9 heterocycles. The highest BCUT2D eigenvalue weighted by molar-refractivity contribution is 8.11. The number of carbonyl (C=O) groups is 7. The summed E-state index contributed by atoms with van der Waals surface area (Å²) in [6.07, 6.45) is 1.97. The second-order valence-corrected chi connectivity index (χ2v) is 36.7. The number of benzene rings is 6. The average Bonchev–Trinajstić information content (AvgIpc) is 1.17. The Morgan fingerprint density at radius 1 is 0.362 bits per heavy atom. The summed E-state index contributed by atoms with van der Waals surface area (Å²) in [6, 6.07) is 51.1. The molecule has 0 unspecified atom stereocenters. The Morgan fingerprint density at radius 2 is 0.664 bits per heavy atom. The van der Waals surface area contributed by atoms with Crippen molar-refractivity contribution in [3.8, 4) is 17.2 Å². The molecule has 1 N–H and O–H groups in total. The Labute approximate surface area is 686 Å². The van der Waals surface area contributed by atoms with E-state index in [2.05, 4.69) is 20.0 Å². The van der Waals surface area contributed by atoms with Gasteiger partial charge in [0.05, 0.1) is 13.1 Å². The van der Waals surface area contributed by atoms with E-state index >= 15 is 0 Å². The van der Waals surface area contributed by atoms with Gasteiger partial charge >= 0.3 is 6.09 Å². The van der Waals surface area contributed by atoms with Gasteiger partial charge in [-0.05, 0) is 149 Å². The Bertz CT molecular complexity index is 4530. The van der Waals surface area contributed by atoms with E-state index in [0.717, 1.165) is 118 Å². The Morgan fingerprint density at radius 3 is 0.966 bits per heavy atom. The van der Waals surface area contributed by atoms with Crippen molar-refractivity contribution in [1.82, 2.24) is 67.2 Å². The summed E-state index contributed by atoms with van der Waals surface area (Å²) < 4.78 is 71.6. The molecule has 32 heteroatoms. The molecule has 3 atom stereocenters. The highest BCUT2D eigenvalue weighted by Gasteiger charge is 2.42. The van der Waals surface area contributed by atoms with Crippen molar-refractivity contribution >= 4 is 71.7 Å². The molecule has 0 aromatic heterocycles. The van der Waals surface area contributed by atoms with E-state index in [1.807, 2.05) is 178 Å². The second-order valence-electron chi connectivity index (χ2n) is 31.8. The zero-order chi connectivity index (χ0) is 82.4. The summed E-state index contributed by atoms with van der Waals surface area (Å²) in [6.45, 7) is 22.8. The fraction of sp³-hybridized carbons (Fsp3) is 0.488. The molecule has 0 bridgehead atoms. The van der Waals surface area contributed by atoms with E-state index in [1.165, 1.54) is 36.8 Å². The van der Waals surface area contributed by atoms with Crippen molar-refractivity contribution in [2.45, 2.75) is 82.1 Å². The van der Waals surface area contributed by atoms with Gasteiger partial charge in [0.1, 0.15) is 41.2 Å². The summed E-state index contributed by atoms with van der Waals surface area (Å²) >= 11 is 0. The molecule has 0 aliphatic carbocycles. The Kier molecular flexibility index (Phi) is 28.8. The minimum absolute atomic E-state index is 0.00481. The quantitative estimate of drug-likeness (QED) is 0.0921. The Hall–Kier alpha value is -9.28. The van der Waals surface area contributed by atoms with Crippen molar-refractivity contribution in [3.63, 3.8) is 0 Å². The van der Waals surface area contributed by atoms with Gasteiger partial charge in [-0.25, -0.2) is 4.79 Å². The molecular weight excluding hydrogens is 1540 g/mol. The van der Waals surface area contributed by atoms with E-state index in [-0.39, 0.29) is 59.8 Å². The number of halogens is 1. The fourth-order valence-corrected chi connectivity index (χ4v) is 16.3. The number of nitrogens with zero attached hydrogens (tertiary/aromatic N) is 13. The maximum atomic E-state index is 13.0. The lowest BCUT2D eigenvalue weighted by Gasteiger charge is -2.48. The van der Waals surface area contributed by atoms with E-state index in [1.54, 1.807) is 41.3 Å². The van der Waals surface area contributed by atoms with Crippen LogP contribution in [0, 0.1) is 0 Å². The lowest BCUT2D eigenvalue weighted by atomic mass is 10.0. The van der Waals surface area contributed by atoms with Crippen LogP contribution in [-0.2, 0) is 24.2 Å². The average molecular weight is 1650 g/mol. The molecule has 6 aromatic rings. The lowest BCUT2D eigenvalue weighted by molar-refractivity contribution is 0.00806. The molecule has 0 spiro atoms. The largest absolute Gasteiger partial charge is 0.489 e. The fourth-order valence-electron chi connectivity index (χ4n) is 15.1. The van der Waals surface area contributed by atoms with Gasteiger partial charge in [-0.2, -0.15) is 29.8 Å². The van der Waals surface area contributed by atoms with Crippen molar-refractivity contribution in [2.75, 3.05) is 185 Å². The molecule has 624 valence electrons. The van der Waals surface area contributed by atoms with Gasteiger partial charge in [0, 0.05) is 234 Å². The number of carbonyl (C=O) groups excluding carboxylic acids is 7. The number of hydrogen-bond donors (Lipinski definition) is 1. The maximum absolute atomic E-state index is 13.0. The van der Waals surface area contributed by atoms with Crippen molar-refractivity contribution in [3.05, 3.63) is 197 Å². The van der Waals surface area contributed by atoms with Crippen LogP contribution in [0.1, 0.15) is 102 Å². The molecule has 6 aromatic carbocycles. The van der Waals surface area contributed by atoms with Gasteiger partial charge in [0.25, 0.3) is 54.9 Å². The minimum atomic E-state index is -3.44. The van der Waals surface area contributed by atoms with Crippen LogP contribution in [0.4, 0.5) is 4.79 Å². The monoisotopic (exact) mass is 1650 g/mol. The zero-order valence-electron chi connectivity index (χ0n) is 67.3. The number of ether oxygens (including phenoxy) is 4. The third kappa shape index (κ3) is 22.7. The first-order chi connectivity index (χ1) is 55.5. The van der Waals surface area contributed by atoms with Crippen LogP contribution in [0.2, 0.25) is 0 Å². The topological polar surface area (TPSA) is 279 Å². The molecule has 7 amide bonds. The molecule has 29 nitrogen and oxygen atoms in total. The van der Waals surface area contributed by atoms with Gasteiger partial charge in [-0.3, -0.25) is 43.5 Å². The first-order valence-corrected chi connectivity index (χ1v) is 43.6. The molecule has 9 aliphatic rings. The molecule has 0 radical (unpaired) electrons. The third-order valence-corrected chi connectivity index (χ3v) is 25.8. The van der Waals surface area contributed by atoms with Gasteiger partial charge < -0.3 is 58.6 Å². The number of hydrogen-bond acceptors (Lipinski definition) is 19. The van der Waals surface area contributed by atoms with Gasteiger partial charge in [-0.15, -0.1) is 0 Å². The molecule has 9 aliphatic heterocycles. The van der Waals surface area contributed by atoms with Crippen LogP contribution in [0.3, 0.4) is 0 Å². The van der Waals surface area contributed by atoms with E-state index in [4.69, 9.17) is 29.6 Å². The van der Waals surface area contributed by atoms with Crippen LogP contribution in [0.5, 0.6) is 17.2 Å². The normalized spacial score (nSPS) is 20.7. The van der Waals surface area contributed by atoms with Crippen LogP contribution < -0.4 is 19.5 Å². The molecule has 9 saturated heterocycles. The molecule has 0 saturated carbocycles. The van der Waals surface area contributed by atoms with Crippen LogP contribution >= 0.6 is 10.7 Å². The number of piperazine rings is 3. The van der Waals surface area contributed by atoms with Gasteiger partial charge in [-0.1, -0.05) is 54.6 Å². The number of amides is 7. The van der Waals surface area contributed by atoms with E-state index < -0.39 is 25.0 Å². The SMILES string of the molecule is CC(C)(C)OC(=O)N1CC[C@H](Oc2ccc(C(=O)N3CC(N4CCN(C(=O)c5ccccc5)CC4)C3)cc2)C1.CN(C)S(=O)(=O)Cl.CN(C)S(=O)(=O)N1CC[C@H](Oc2ccc(C(=O)N3CC(N4CCN(C(=O)c5ccccc5)CC4)C3)cc2)C1.O=C(c1ccccc1)N1CCN(C2CN(C(=O)c3ccc(O[C@H]4CCNC4)cc3)C2)CC1. The summed E-state index contributed by atoms with van der Waals surface area (Å²) in [5.74, 6) is 2.49. The van der Waals surface area contributed by atoms with Crippen molar-refractivity contribution in [2.24, 2.45) is 0 Å². The van der Waals surface area contributed by atoms with Crippen LogP contribution in [-0.4, -0.2) is 348 Å². The predicted octanol–water partition coefficient (Wildman–Crippen LogP) is 6.33. The predicted molar refractivity (Wildman–Crippen MR) is 441 cm³/mol. The maximum Gasteiger partial charge on any atom is 0.410 e. The van der Waals surface area contributed by atoms with E-state index in [9.17, 15) is 50.4 Å². The van der Waals surface area contributed by atoms with Crippen molar-refractivity contribution in [1.29, 1.82) is 0 Å². The number of rotatable bonds is 18. The summed E-state index contributed by atoms with van der Waals surface area (Å²) in [5, 5.41) is 3.29. The molecule has 9 fully saturated rings. The second kappa shape index (κ2) is 38.9. The molecule has 116 heavy (non-hydrogen) atoms. The first kappa shape index (κ1) is 86.1. The lowest BCUT2D eigenvalue weighted by Crippen LogP contribution is -2.64. The smallest absolute Gasteiger partial charge is 0.410 e. The zero-order valence-corrected chi connectivity index (χ0v) is 69.7. The Balaban J connectivity index is 0.000000154. The third-order valence-electron chi connectivity index (χ3n) is 22.2.